The van der Waals surface area contributed by atoms with Crippen LogP contribution in [0.3, 0.4) is 0 Å². The number of anilines is 1. The summed E-state index contributed by atoms with van der Waals surface area (Å²) in [5.74, 6) is 0.356. The van der Waals surface area contributed by atoms with Gasteiger partial charge in [0.1, 0.15) is 24.8 Å². The Kier molecular flexibility index (Phi) is 5.60. The lowest BCUT2D eigenvalue weighted by Crippen LogP contribution is -2.26. The van der Waals surface area contributed by atoms with Crippen LogP contribution in [0.5, 0.6) is 0 Å². The van der Waals surface area contributed by atoms with Crippen molar-refractivity contribution in [2.45, 2.75) is 24.9 Å². The van der Waals surface area contributed by atoms with Crippen molar-refractivity contribution in [2.75, 3.05) is 12.3 Å². The third-order valence-corrected chi connectivity index (χ3v) is 5.08. The number of hydrogen-bond acceptors (Lipinski definition) is 9. The monoisotopic (exact) mass is 434 g/mol. The van der Waals surface area contributed by atoms with Gasteiger partial charge in [0.25, 0.3) is 0 Å². The minimum absolute atomic E-state index is 0.0273. The molecule has 3 atom stereocenters. The number of hydrogen-bond donors (Lipinski definition) is 4. The number of rotatable bonds is 6. The van der Waals surface area contributed by atoms with Crippen LogP contribution in [0.1, 0.15) is 18.2 Å². The van der Waals surface area contributed by atoms with E-state index in [2.05, 4.69) is 19.9 Å². The van der Waals surface area contributed by atoms with E-state index in [-0.39, 0.29) is 18.2 Å². The Bertz CT molecular complexity index is 1120. The van der Waals surface area contributed by atoms with Crippen molar-refractivity contribution in [3.63, 3.8) is 0 Å². The lowest BCUT2D eigenvalue weighted by atomic mass is 10.2. The highest BCUT2D eigenvalue weighted by atomic mass is 31.2. The molecule has 0 amide bonds. The smallest absolute Gasteiger partial charge is 0.394 e. The molecule has 3 aromatic rings. The van der Waals surface area contributed by atoms with Gasteiger partial charge in [0.05, 0.1) is 6.61 Å². The summed E-state index contributed by atoms with van der Waals surface area (Å²) in [5, 5.41) is 9.57. The van der Waals surface area contributed by atoms with E-state index in [4.69, 9.17) is 24.8 Å². The molecular formula is C17H19N6O6P. The molecular weight excluding hydrogens is 415 g/mol. The Hall–Kier alpha value is -2.73. The van der Waals surface area contributed by atoms with Gasteiger partial charge in [-0.3, -0.25) is 9.09 Å². The van der Waals surface area contributed by atoms with Crippen molar-refractivity contribution in [3.05, 3.63) is 42.2 Å². The molecule has 0 spiro atoms. The summed E-state index contributed by atoms with van der Waals surface area (Å²) in [4.78, 5) is 35.3. The molecule has 30 heavy (non-hydrogen) atoms. The van der Waals surface area contributed by atoms with Crippen molar-refractivity contribution in [1.29, 1.82) is 0 Å². The normalized spacial score (nSPS) is 22.3. The maximum Gasteiger partial charge on any atom is 0.469 e. The largest absolute Gasteiger partial charge is 0.469 e. The number of aliphatic hydroxyl groups is 1. The highest BCUT2D eigenvalue weighted by Crippen LogP contribution is 2.44. The van der Waals surface area contributed by atoms with Gasteiger partial charge in [-0.1, -0.05) is 30.3 Å². The number of ether oxygens (including phenoxy) is 1. The predicted octanol–water partition coefficient (Wildman–Crippen LogP) is 0.917. The van der Waals surface area contributed by atoms with Crippen molar-refractivity contribution in [1.82, 2.24) is 19.5 Å². The first-order valence-corrected chi connectivity index (χ1v) is 10.5. The first-order chi connectivity index (χ1) is 14.4. The molecule has 0 saturated carbocycles. The molecule has 1 aliphatic heterocycles. The molecule has 158 valence electrons. The topological polar surface area (TPSA) is 178 Å². The van der Waals surface area contributed by atoms with Crippen molar-refractivity contribution in [2.24, 2.45) is 4.99 Å². The summed E-state index contributed by atoms with van der Waals surface area (Å²) in [6, 6.07) is 9.34. The Labute approximate surface area is 170 Å². The second-order valence-corrected chi connectivity index (χ2v) is 7.76. The zero-order chi connectivity index (χ0) is 21.3. The lowest BCUT2D eigenvalue weighted by molar-refractivity contribution is -0.0420. The average molecular weight is 434 g/mol. The van der Waals surface area contributed by atoms with E-state index in [1.807, 2.05) is 30.3 Å². The van der Waals surface area contributed by atoms with Gasteiger partial charge in [-0.05, 0) is 5.56 Å². The maximum atomic E-state index is 11.3. The van der Waals surface area contributed by atoms with Crippen LogP contribution in [0.2, 0.25) is 0 Å². The molecule has 0 radical (unpaired) electrons. The van der Waals surface area contributed by atoms with Crippen LogP contribution in [-0.4, -0.2) is 59.4 Å². The Balaban J connectivity index is 1.75. The van der Waals surface area contributed by atoms with Crippen LogP contribution in [-0.2, 0) is 13.8 Å². The first-order valence-electron chi connectivity index (χ1n) is 8.93. The number of nitrogens with two attached hydrogens (primary N) is 1. The van der Waals surface area contributed by atoms with Gasteiger partial charge >= 0.3 is 7.82 Å². The number of nitrogen functional groups attached to an aromatic ring is 1. The van der Waals surface area contributed by atoms with Gasteiger partial charge < -0.3 is 25.4 Å². The number of aliphatic hydroxyl groups excluding tert-OH is 1. The number of phosphoric ester groups is 1. The standard InChI is InChI=1S/C17H19N6O6P/c18-15-14-16(21-9-20-15)23(17(22-14)19-7-10-4-2-1-3-5-10)13-6-11(12(8-24)28-13)29-30(25,26)27/h1-5,7,9,11-13,24H,6,8H2,(H2,18,20,21)(H2,25,26,27)/t11-,12+,13+/m0/s1. The third kappa shape index (κ3) is 4.24. The van der Waals surface area contributed by atoms with Crippen LogP contribution in [0.4, 0.5) is 11.8 Å². The van der Waals surface area contributed by atoms with E-state index in [0.717, 1.165) is 5.56 Å². The Morgan fingerprint density at radius 1 is 1.33 bits per heavy atom. The van der Waals surface area contributed by atoms with E-state index < -0.39 is 32.9 Å². The number of aromatic nitrogens is 4. The molecule has 5 N–H and O–H groups in total. The fraction of sp³-hybridized carbons (Fsp3) is 0.294. The van der Waals surface area contributed by atoms with Gasteiger partial charge in [0, 0.05) is 12.6 Å². The molecule has 3 heterocycles. The second-order valence-electron chi connectivity index (χ2n) is 6.56. The summed E-state index contributed by atoms with van der Waals surface area (Å²) in [7, 11) is -4.78. The maximum absolute atomic E-state index is 11.3. The molecule has 0 unspecified atom stereocenters. The summed E-state index contributed by atoms with van der Waals surface area (Å²) in [6.45, 7) is -0.493. The van der Waals surface area contributed by atoms with Gasteiger partial charge in [-0.2, -0.15) is 0 Å². The molecule has 12 nitrogen and oxygen atoms in total. The molecule has 4 rings (SSSR count). The Morgan fingerprint density at radius 2 is 2.10 bits per heavy atom. The SMILES string of the molecule is Nc1ncnc2c1nc(N=Cc1ccccc1)n2[C@H]1C[C@H](OP(=O)(O)O)[C@@H](CO)O1. The number of benzene rings is 1. The number of fused-ring (bicyclic) bond motifs is 1. The molecule has 1 saturated heterocycles. The van der Waals surface area contributed by atoms with E-state index in [1.165, 1.54) is 6.33 Å². The molecule has 13 heteroatoms. The summed E-state index contributed by atoms with van der Waals surface area (Å²) in [5.41, 5.74) is 7.39. The number of phosphoric acid groups is 1. The summed E-state index contributed by atoms with van der Waals surface area (Å²) < 4.78 is 23.4. The summed E-state index contributed by atoms with van der Waals surface area (Å²) in [6.07, 6.45) is 0.0978. The first kappa shape index (κ1) is 20.5. The number of nitrogens with zero attached hydrogens (tertiary/aromatic N) is 5. The van der Waals surface area contributed by atoms with E-state index in [0.29, 0.717) is 11.2 Å². The van der Waals surface area contributed by atoms with Crippen molar-refractivity contribution in [3.8, 4) is 0 Å². The van der Waals surface area contributed by atoms with Crippen LogP contribution in [0, 0.1) is 0 Å². The zero-order valence-electron chi connectivity index (χ0n) is 15.5. The zero-order valence-corrected chi connectivity index (χ0v) is 16.4. The molecule has 1 fully saturated rings. The molecule has 0 aliphatic carbocycles. The highest BCUT2D eigenvalue weighted by Gasteiger charge is 2.41. The number of imidazole rings is 1. The molecule has 0 bridgehead atoms. The van der Waals surface area contributed by atoms with Crippen molar-refractivity contribution < 1.29 is 28.7 Å². The van der Waals surface area contributed by atoms with Gasteiger partial charge in [0.2, 0.25) is 5.95 Å². The van der Waals surface area contributed by atoms with Gasteiger partial charge in [-0.15, -0.1) is 0 Å². The highest BCUT2D eigenvalue weighted by molar-refractivity contribution is 7.46. The number of aliphatic imine (C=N–C) groups is 1. The minimum atomic E-state index is -4.78. The molecule has 1 aliphatic rings. The Morgan fingerprint density at radius 3 is 2.80 bits per heavy atom. The predicted molar refractivity (Wildman–Crippen MR) is 106 cm³/mol. The van der Waals surface area contributed by atoms with Crippen molar-refractivity contribution >= 4 is 37.0 Å². The van der Waals surface area contributed by atoms with Crippen LogP contribution < -0.4 is 5.73 Å². The minimum Gasteiger partial charge on any atom is -0.394 e. The van der Waals surface area contributed by atoms with E-state index in [1.54, 1.807) is 10.8 Å². The van der Waals surface area contributed by atoms with E-state index in [9.17, 15) is 9.67 Å². The fourth-order valence-corrected chi connectivity index (χ4v) is 3.83. The van der Waals surface area contributed by atoms with E-state index >= 15 is 0 Å². The van der Waals surface area contributed by atoms with Gasteiger partial charge in [-0.25, -0.2) is 24.5 Å². The van der Waals surface area contributed by atoms with Crippen LogP contribution in [0.25, 0.3) is 11.2 Å². The summed E-state index contributed by atoms with van der Waals surface area (Å²) >= 11 is 0. The quantitative estimate of drug-likeness (QED) is 0.322. The van der Waals surface area contributed by atoms with Crippen LogP contribution in [0.15, 0.2) is 41.7 Å². The molecule has 1 aromatic carbocycles. The second kappa shape index (κ2) is 8.19. The molecule has 2 aromatic heterocycles. The fourth-order valence-electron chi connectivity index (χ4n) is 3.25. The lowest BCUT2D eigenvalue weighted by Gasteiger charge is -2.16. The van der Waals surface area contributed by atoms with Crippen LogP contribution >= 0.6 is 7.82 Å². The van der Waals surface area contributed by atoms with Gasteiger partial charge in [0.15, 0.2) is 17.0 Å². The third-order valence-electron chi connectivity index (χ3n) is 4.54. The average Bonchev–Trinajstić information content (AvgIpc) is 3.27.